The van der Waals surface area contributed by atoms with Gasteiger partial charge < -0.3 is 10.1 Å². The lowest BCUT2D eigenvalue weighted by molar-refractivity contribution is 0.128. The van der Waals surface area contributed by atoms with Crippen LogP contribution in [-0.4, -0.2) is 18.1 Å². The molecule has 1 aromatic heterocycles. The minimum atomic E-state index is 0.386. The standard InChI is InChI=1S/C14H22N2O/c1-11-4-3-5-13(8-11)17-14-6-7-16-10-12(14)9-15-2/h6-7,10-11,13,15H,3-5,8-9H2,1-2H3. The van der Waals surface area contributed by atoms with Crippen molar-refractivity contribution >= 4 is 0 Å². The van der Waals surface area contributed by atoms with Gasteiger partial charge >= 0.3 is 0 Å². The summed E-state index contributed by atoms with van der Waals surface area (Å²) in [6.07, 6.45) is 9.08. The largest absolute Gasteiger partial charge is 0.490 e. The number of ether oxygens (including phenoxy) is 1. The lowest BCUT2D eigenvalue weighted by atomic mass is 9.88. The summed E-state index contributed by atoms with van der Waals surface area (Å²) in [6.45, 7) is 3.13. The van der Waals surface area contributed by atoms with Crippen LogP contribution >= 0.6 is 0 Å². The summed E-state index contributed by atoms with van der Waals surface area (Å²) in [5.41, 5.74) is 1.15. The number of nitrogens with zero attached hydrogens (tertiary/aromatic N) is 1. The molecule has 0 aliphatic heterocycles. The predicted octanol–water partition coefficient (Wildman–Crippen LogP) is 2.76. The Balaban J connectivity index is 2.01. The maximum Gasteiger partial charge on any atom is 0.127 e. The van der Waals surface area contributed by atoms with Crippen molar-refractivity contribution in [3.8, 4) is 5.75 Å². The molecule has 0 bridgehead atoms. The Kier molecular flexibility index (Phi) is 4.37. The Bertz CT molecular complexity index is 354. The van der Waals surface area contributed by atoms with Gasteiger partial charge in [0.2, 0.25) is 0 Å². The third-order valence-corrected chi connectivity index (χ3v) is 3.41. The van der Waals surface area contributed by atoms with E-state index in [9.17, 15) is 0 Å². The lowest BCUT2D eigenvalue weighted by Crippen LogP contribution is -2.24. The molecule has 1 N–H and O–H groups in total. The normalized spacial score (nSPS) is 24.6. The molecule has 1 fully saturated rings. The van der Waals surface area contributed by atoms with E-state index >= 15 is 0 Å². The van der Waals surface area contributed by atoms with Crippen molar-refractivity contribution in [3.05, 3.63) is 24.0 Å². The maximum atomic E-state index is 6.13. The summed E-state index contributed by atoms with van der Waals surface area (Å²) in [4.78, 5) is 4.15. The van der Waals surface area contributed by atoms with Gasteiger partial charge in [-0.25, -0.2) is 0 Å². The van der Waals surface area contributed by atoms with Gasteiger partial charge in [0.25, 0.3) is 0 Å². The van der Waals surface area contributed by atoms with Crippen molar-refractivity contribution in [2.24, 2.45) is 5.92 Å². The Hall–Kier alpha value is -1.09. The molecule has 0 aromatic carbocycles. The van der Waals surface area contributed by atoms with Crippen LogP contribution in [0.4, 0.5) is 0 Å². The van der Waals surface area contributed by atoms with Crippen LogP contribution in [0.3, 0.4) is 0 Å². The third-order valence-electron chi connectivity index (χ3n) is 3.41. The minimum Gasteiger partial charge on any atom is -0.490 e. The molecule has 0 amide bonds. The van der Waals surface area contributed by atoms with Crippen LogP contribution in [0.2, 0.25) is 0 Å². The topological polar surface area (TPSA) is 34.2 Å². The number of pyridine rings is 1. The lowest BCUT2D eigenvalue weighted by Gasteiger charge is -2.28. The van der Waals surface area contributed by atoms with Gasteiger partial charge in [-0.2, -0.15) is 0 Å². The molecule has 1 aliphatic rings. The van der Waals surface area contributed by atoms with Crippen LogP contribution in [0.5, 0.6) is 5.75 Å². The quantitative estimate of drug-likeness (QED) is 0.870. The van der Waals surface area contributed by atoms with E-state index < -0.39 is 0 Å². The second-order valence-corrected chi connectivity index (χ2v) is 5.03. The van der Waals surface area contributed by atoms with Crippen molar-refractivity contribution < 1.29 is 4.74 Å². The minimum absolute atomic E-state index is 0.386. The molecule has 0 saturated heterocycles. The van der Waals surface area contributed by atoms with Gasteiger partial charge in [0, 0.05) is 24.5 Å². The third kappa shape index (κ3) is 3.43. The van der Waals surface area contributed by atoms with Crippen LogP contribution in [0, 0.1) is 5.92 Å². The monoisotopic (exact) mass is 234 g/mol. The second-order valence-electron chi connectivity index (χ2n) is 5.03. The summed E-state index contributed by atoms with van der Waals surface area (Å²) < 4.78 is 6.13. The fourth-order valence-electron chi connectivity index (χ4n) is 2.52. The van der Waals surface area contributed by atoms with E-state index in [4.69, 9.17) is 4.74 Å². The Morgan fingerprint density at radius 2 is 2.35 bits per heavy atom. The van der Waals surface area contributed by atoms with Crippen molar-refractivity contribution in [2.75, 3.05) is 7.05 Å². The van der Waals surface area contributed by atoms with E-state index in [1.54, 1.807) is 6.20 Å². The van der Waals surface area contributed by atoms with E-state index in [1.165, 1.54) is 25.7 Å². The van der Waals surface area contributed by atoms with E-state index in [0.29, 0.717) is 6.10 Å². The molecule has 0 spiro atoms. The average Bonchev–Trinajstić information content (AvgIpc) is 2.32. The van der Waals surface area contributed by atoms with E-state index in [1.807, 2.05) is 19.3 Å². The Labute approximate surface area is 104 Å². The first kappa shape index (κ1) is 12.4. The summed E-state index contributed by atoms with van der Waals surface area (Å²) in [7, 11) is 1.94. The van der Waals surface area contributed by atoms with Gasteiger partial charge in [-0.1, -0.05) is 13.3 Å². The van der Waals surface area contributed by atoms with Gasteiger partial charge in [0.15, 0.2) is 0 Å². The predicted molar refractivity (Wildman–Crippen MR) is 69.0 cm³/mol. The van der Waals surface area contributed by atoms with E-state index in [-0.39, 0.29) is 0 Å². The first-order valence-corrected chi connectivity index (χ1v) is 6.53. The zero-order valence-electron chi connectivity index (χ0n) is 10.8. The molecule has 2 unspecified atom stereocenters. The highest BCUT2D eigenvalue weighted by Gasteiger charge is 2.20. The van der Waals surface area contributed by atoms with Crippen LogP contribution in [-0.2, 0) is 6.54 Å². The van der Waals surface area contributed by atoms with Crippen LogP contribution in [0.1, 0.15) is 38.2 Å². The van der Waals surface area contributed by atoms with Gasteiger partial charge in [-0.15, -0.1) is 0 Å². The molecule has 17 heavy (non-hydrogen) atoms. The molecule has 3 heteroatoms. The first-order valence-electron chi connectivity index (χ1n) is 6.53. The molecule has 1 saturated carbocycles. The Morgan fingerprint density at radius 3 is 3.12 bits per heavy atom. The van der Waals surface area contributed by atoms with Gasteiger partial charge in [0.05, 0.1) is 6.10 Å². The fourth-order valence-corrected chi connectivity index (χ4v) is 2.52. The van der Waals surface area contributed by atoms with Crippen LogP contribution in [0.25, 0.3) is 0 Å². The Morgan fingerprint density at radius 1 is 1.47 bits per heavy atom. The molecule has 1 aliphatic carbocycles. The molecule has 3 nitrogen and oxygen atoms in total. The van der Waals surface area contributed by atoms with Crippen molar-refractivity contribution in [1.82, 2.24) is 10.3 Å². The SMILES string of the molecule is CNCc1cnccc1OC1CCCC(C)C1. The van der Waals surface area contributed by atoms with E-state index in [2.05, 4.69) is 17.2 Å². The van der Waals surface area contributed by atoms with Gasteiger partial charge in [0.1, 0.15) is 5.75 Å². The number of hydrogen-bond donors (Lipinski definition) is 1. The number of aromatic nitrogens is 1. The first-order chi connectivity index (χ1) is 8.29. The molecular formula is C14H22N2O. The number of nitrogens with one attached hydrogen (secondary N) is 1. The molecule has 0 radical (unpaired) electrons. The molecule has 2 rings (SSSR count). The highest BCUT2D eigenvalue weighted by Crippen LogP contribution is 2.28. The summed E-state index contributed by atoms with van der Waals surface area (Å²) in [5, 5.41) is 3.15. The summed E-state index contributed by atoms with van der Waals surface area (Å²) in [6, 6.07) is 1.98. The average molecular weight is 234 g/mol. The number of hydrogen-bond acceptors (Lipinski definition) is 3. The van der Waals surface area contributed by atoms with Crippen molar-refractivity contribution in [3.63, 3.8) is 0 Å². The second kappa shape index (κ2) is 6.01. The zero-order valence-corrected chi connectivity index (χ0v) is 10.8. The molecule has 94 valence electrons. The molecule has 1 heterocycles. The van der Waals surface area contributed by atoms with Gasteiger partial charge in [-0.3, -0.25) is 4.98 Å². The summed E-state index contributed by atoms with van der Waals surface area (Å²) in [5.74, 6) is 1.79. The maximum absolute atomic E-state index is 6.13. The molecule has 1 aromatic rings. The number of rotatable bonds is 4. The smallest absolute Gasteiger partial charge is 0.127 e. The summed E-state index contributed by atoms with van der Waals surface area (Å²) >= 11 is 0. The van der Waals surface area contributed by atoms with E-state index in [0.717, 1.165) is 23.8 Å². The molecular weight excluding hydrogens is 212 g/mol. The zero-order chi connectivity index (χ0) is 12.1. The highest BCUT2D eigenvalue weighted by molar-refractivity contribution is 5.30. The van der Waals surface area contributed by atoms with Crippen molar-refractivity contribution in [1.29, 1.82) is 0 Å². The fraction of sp³-hybridized carbons (Fsp3) is 0.643. The van der Waals surface area contributed by atoms with Crippen LogP contribution in [0.15, 0.2) is 18.5 Å². The van der Waals surface area contributed by atoms with Crippen molar-refractivity contribution in [2.45, 2.75) is 45.3 Å². The van der Waals surface area contributed by atoms with Crippen LogP contribution < -0.4 is 10.1 Å². The molecule has 2 atom stereocenters. The highest BCUT2D eigenvalue weighted by atomic mass is 16.5. The van der Waals surface area contributed by atoms with Gasteiger partial charge in [-0.05, 0) is 38.3 Å².